The number of nitriles is 1. The Kier molecular flexibility index (Phi) is 6.78. The van der Waals surface area contributed by atoms with Gasteiger partial charge in [-0.1, -0.05) is 0 Å². The van der Waals surface area contributed by atoms with Crippen molar-refractivity contribution in [1.29, 1.82) is 5.26 Å². The Bertz CT molecular complexity index is 1100. The summed E-state index contributed by atoms with van der Waals surface area (Å²) >= 11 is 0. The van der Waals surface area contributed by atoms with Crippen LogP contribution >= 0.6 is 0 Å². The van der Waals surface area contributed by atoms with Gasteiger partial charge in [0, 0.05) is 11.3 Å². The quantitative estimate of drug-likeness (QED) is 0.417. The summed E-state index contributed by atoms with van der Waals surface area (Å²) in [6, 6.07) is 13.3. The van der Waals surface area contributed by atoms with E-state index in [1.165, 1.54) is 0 Å². The number of aryl methyl sites for hydroxylation is 1. The highest BCUT2D eigenvalue weighted by Gasteiger charge is 2.24. The van der Waals surface area contributed by atoms with E-state index in [1.807, 2.05) is 6.92 Å². The van der Waals surface area contributed by atoms with E-state index in [0.717, 1.165) is 4.73 Å². The number of imidazole rings is 1. The molecule has 0 amide bonds. The number of rotatable bonds is 8. The van der Waals surface area contributed by atoms with Gasteiger partial charge in [0.1, 0.15) is 17.3 Å². The highest BCUT2D eigenvalue weighted by atomic mass is 16.5. The zero-order valence-electron chi connectivity index (χ0n) is 17.6. The second-order valence-corrected chi connectivity index (χ2v) is 6.74. The SMILES string of the molecule is CCOC(=O)C(Nc1ccc(C#N)cc1)c1cc(OCC)cc(-c2cnc(C)n2O)c1. The van der Waals surface area contributed by atoms with Gasteiger partial charge in [-0.3, -0.25) is 0 Å². The van der Waals surface area contributed by atoms with Crippen LogP contribution in [0.5, 0.6) is 5.75 Å². The van der Waals surface area contributed by atoms with E-state index < -0.39 is 12.0 Å². The van der Waals surface area contributed by atoms with Gasteiger partial charge in [0.15, 0.2) is 6.04 Å². The van der Waals surface area contributed by atoms with E-state index in [2.05, 4.69) is 16.4 Å². The molecule has 8 heteroatoms. The fourth-order valence-electron chi connectivity index (χ4n) is 3.13. The summed E-state index contributed by atoms with van der Waals surface area (Å²) in [6.45, 7) is 5.96. The minimum Gasteiger partial charge on any atom is -0.494 e. The summed E-state index contributed by atoms with van der Waals surface area (Å²) in [6.07, 6.45) is 1.55. The number of carbonyl (C=O) groups excluding carboxylic acids is 1. The number of carbonyl (C=O) groups is 1. The van der Waals surface area contributed by atoms with Crippen molar-refractivity contribution in [3.63, 3.8) is 0 Å². The van der Waals surface area contributed by atoms with Crippen LogP contribution in [0.15, 0.2) is 48.7 Å². The van der Waals surface area contributed by atoms with Crippen LogP contribution in [0.3, 0.4) is 0 Å². The molecule has 0 aliphatic rings. The van der Waals surface area contributed by atoms with E-state index in [-0.39, 0.29) is 6.61 Å². The molecule has 1 unspecified atom stereocenters. The topological polar surface area (TPSA) is 109 Å². The van der Waals surface area contributed by atoms with Crippen molar-refractivity contribution in [2.75, 3.05) is 18.5 Å². The summed E-state index contributed by atoms with van der Waals surface area (Å²) < 4.78 is 12.0. The molecule has 160 valence electrons. The summed E-state index contributed by atoms with van der Waals surface area (Å²) in [4.78, 5) is 16.9. The minimum absolute atomic E-state index is 0.227. The Balaban J connectivity index is 2.06. The zero-order valence-corrected chi connectivity index (χ0v) is 17.6. The third-order valence-electron chi connectivity index (χ3n) is 4.62. The molecule has 0 aliphatic carbocycles. The van der Waals surface area contributed by atoms with Crippen LogP contribution in [0, 0.1) is 18.3 Å². The molecule has 2 N–H and O–H groups in total. The lowest BCUT2D eigenvalue weighted by atomic mass is 10.0. The Hall–Kier alpha value is -3.99. The average Bonchev–Trinajstić information content (AvgIpc) is 3.11. The number of ether oxygens (including phenoxy) is 2. The maximum atomic E-state index is 12.8. The lowest BCUT2D eigenvalue weighted by molar-refractivity contribution is -0.144. The Morgan fingerprint density at radius 2 is 1.97 bits per heavy atom. The zero-order chi connectivity index (χ0) is 22.4. The molecular weight excluding hydrogens is 396 g/mol. The molecule has 8 nitrogen and oxygen atoms in total. The minimum atomic E-state index is -0.830. The van der Waals surface area contributed by atoms with Crippen molar-refractivity contribution in [2.24, 2.45) is 0 Å². The maximum absolute atomic E-state index is 12.8. The van der Waals surface area contributed by atoms with E-state index in [0.29, 0.717) is 46.3 Å². The first-order valence-electron chi connectivity index (χ1n) is 9.91. The summed E-state index contributed by atoms with van der Waals surface area (Å²) in [7, 11) is 0. The van der Waals surface area contributed by atoms with Crippen LogP contribution in [0.2, 0.25) is 0 Å². The van der Waals surface area contributed by atoms with Gasteiger partial charge in [-0.15, -0.1) is 0 Å². The van der Waals surface area contributed by atoms with Crippen molar-refractivity contribution in [3.8, 4) is 23.1 Å². The molecule has 0 spiro atoms. The standard InChI is InChI=1S/C23H24N4O4/c1-4-30-20-11-17(21-14-25-15(3)27(21)29)10-18(12-20)22(23(28)31-5-2)26-19-8-6-16(13-24)7-9-19/h6-12,14,22,26,29H,4-5H2,1-3H3. The van der Waals surface area contributed by atoms with Gasteiger partial charge in [-0.25, -0.2) is 9.78 Å². The molecule has 0 fully saturated rings. The predicted molar refractivity (Wildman–Crippen MR) is 115 cm³/mol. The molecule has 3 rings (SSSR count). The number of aromatic nitrogens is 2. The van der Waals surface area contributed by atoms with Gasteiger partial charge >= 0.3 is 5.97 Å². The van der Waals surface area contributed by atoms with Gasteiger partial charge in [-0.2, -0.15) is 9.99 Å². The lowest BCUT2D eigenvalue weighted by Gasteiger charge is -2.20. The van der Waals surface area contributed by atoms with E-state index in [4.69, 9.17) is 14.7 Å². The number of benzene rings is 2. The molecule has 0 radical (unpaired) electrons. The molecule has 0 bridgehead atoms. The van der Waals surface area contributed by atoms with Crippen LogP contribution in [0.25, 0.3) is 11.3 Å². The van der Waals surface area contributed by atoms with E-state index in [9.17, 15) is 10.0 Å². The van der Waals surface area contributed by atoms with E-state index >= 15 is 0 Å². The summed E-state index contributed by atoms with van der Waals surface area (Å²) in [5.41, 5.74) is 2.89. The Morgan fingerprint density at radius 3 is 2.55 bits per heavy atom. The molecule has 2 aromatic carbocycles. The maximum Gasteiger partial charge on any atom is 0.333 e. The highest BCUT2D eigenvalue weighted by Crippen LogP contribution is 2.31. The molecular formula is C23H24N4O4. The summed E-state index contributed by atoms with van der Waals surface area (Å²) in [5.74, 6) is 0.529. The van der Waals surface area contributed by atoms with Crippen molar-refractivity contribution in [2.45, 2.75) is 26.8 Å². The highest BCUT2D eigenvalue weighted by molar-refractivity contribution is 5.82. The molecule has 1 aromatic heterocycles. The van der Waals surface area contributed by atoms with Gasteiger partial charge in [0.25, 0.3) is 0 Å². The first-order chi connectivity index (χ1) is 15.0. The van der Waals surface area contributed by atoms with Crippen LogP contribution in [0.4, 0.5) is 5.69 Å². The van der Waals surface area contributed by atoms with Gasteiger partial charge in [-0.05, 0) is 68.8 Å². The third kappa shape index (κ3) is 4.95. The largest absolute Gasteiger partial charge is 0.494 e. The normalized spacial score (nSPS) is 11.4. The first kappa shape index (κ1) is 21.7. The lowest BCUT2D eigenvalue weighted by Crippen LogP contribution is -2.23. The molecule has 31 heavy (non-hydrogen) atoms. The Morgan fingerprint density at radius 1 is 1.23 bits per heavy atom. The number of anilines is 1. The molecule has 1 heterocycles. The van der Waals surface area contributed by atoms with Crippen LogP contribution in [-0.2, 0) is 9.53 Å². The smallest absolute Gasteiger partial charge is 0.333 e. The Labute approximate surface area is 180 Å². The molecule has 0 saturated heterocycles. The fourth-order valence-corrected chi connectivity index (χ4v) is 3.13. The second kappa shape index (κ2) is 9.67. The van der Waals surface area contributed by atoms with Gasteiger partial charge < -0.3 is 20.0 Å². The number of esters is 1. The molecule has 0 saturated carbocycles. The predicted octanol–water partition coefficient (Wildman–Crippen LogP) is 4.08. The van der Waals surface area contributed by atoms with Crippen molar-refractivity contribution >= 4 is 11.7 Å². The monoisotopic (exact) mass is 420 g/mol. The molecule has 3 aromatic rings. The third-order valence-corrected chi connectivity index (χ3v) is 4.62. The van der Waals surface area contributed by atoms with Crippen molar-refractivity contribution in [1.82, 2.24) is 9.71 Å². The van der Waals surface area contributed by atoms with Gasteiger partial charge in [0.05, 0.1) is 31.0 Å². The van der Waals surface area contributed by atoms with Crippen molar-refractivity contribution < 1.29 is 19.5 Å². The second-order valence-electron chi connectivity index (χ2n) is 6.74. The fraction of sp³-hybridized carbons (Fsp3) is 0.261. The summed E-state index contributed by atoms with van der Waals surface area (Å²) in [5, 5.41) is 22.5. The number of nitrogens with one attached hydrogen (secondary N) is 1. The first-order valence-corrected chi connectivity index (χ1v) is 9.91. The molecule has 0 aliphatic heterocycles. The van der Waals surface area contributed by atoms with E-state index in [1.54, 1.807) is 62.5 Å². The number of hydrogen-bond donors (Lipinski definition) is 2. The number of nitrogens with zero attached hydrogens (tertiary/aromatic N) is 3. The molecule has 1 atom stereocenters. The van der Waals surface area contributed by atoms with Gasteiger partial charge in [0.2, 0.25) is 0 Å². The van der Waals surface area contributed by atoms with Crippen LogP contribution in [-0.4, -0.2) is 34.1 Å². The van der Waals surface area contributed by atoms with Crippen molar-refractivity contribution in [3.05, 3.63) is 65.6 Å². The average molecular weight is 420 g/mol. The van der Waals surface area contributed by atoms with Crippen LogP contribution < -0.4 is 10.1 Å². The van der Waals surface area contributed by atoms with Crippen LogP contribution in [0.1, 0.15) is 36.8 Å². The number of hydrogen-bond acceptors (Lipinski definition) is 7.